The van der Waals surface area contributed by atoms with E-state index in [-0.39, 0.29) is 23.2 Å². The molecule has 0 saturated carbocycles. The van der Waals surface area contributed by atoms with Gasteiger partial charge >= 0.3 is 5.97 Å². The zero-order chi connectivity index (χ0) is 22.5. The molecule has 0 aliphatic carbocycles. The van der Waals surface area contributed by atoms with Gasteiger partial charge in [0, 0.05) is 25.2 Å². The molecule has 4 rings (SSSR count). The molecular formula is C21H18FN3O6. The van der Waals surface area contributed by atoms with Crippen molar-refractivity contribution in [2.75, 3.05) is 7.05 Å². The van der Waals surface area contributed by atoms with Crippen molar-refractivity contribution in [1.82, 2.24) is 14.9 Å². The Morgan fingerprint density at radius 1 is 1.32 bits per heavy atom. The first-order valence-corrected chi connectivity index (χ1v) is 9.32. The standard InChI is InChI=1S/C21H18FN3O6/c1-21(20(29)30)9-25-15-14(16(26)13(19(25)28)18(27)23-2)24-8-11(17(15)31-21)7-10-3-5-12(22)6-4-10/h3-6,8,26H,7,9H2,1-2H3,(H,23,27)(H,29,30)/t21-/m0/s1. The first-order valence-electron chi connectivity index (χ1n) is 9.32. The summed E-state index contributed by atoms with van der Waals surface area (Å²) < 4.78 is 20.2. The Morgan fingerprint density at radius 3 is 2.61 bits per heavy atom. The maximum Gasteiger partial charge on any atom is 0.349 e. The van der Waals surface area contributed by atoms with Crippen LogP contribution in [0.1, 0.15) is 28.4 Å². The van der Waals surface area contributed by atoms with Crippen LogP contribution in [0.5, 0.6) is 11.5 Å². The number of nitrogens with one attached hydrogen (secondary N) is 1. The first kappa shape index (κ1) is 20.3. The van der Waals surface area contributed by atoms with E-state index in [9.17, 15) is 29.0 Å². The van der Waals surface area contributed by atoms with Gasteiger partial charge < -0.3 is 20.3 Å². The Morgan fingerprint density at radius 2 is 2.00 bits per heavy atom. The molecule has 0 fully saturated rings. The minimum atomic E-state index is -1.81. The Labute approximate surface area is 174 Å². The van der Waals surface area contributed by atoms with E-state index in [2.05, 4.69) is 10.3 Å². The average molecular weight is 427 g/mol. The Kier molecular flexibility index (Phi) is 4.64. The number of aromatic hydroxyl groups is 1. The van der Waals surface area contributed by atoms with Gasteiger partial charge in [-0.1, -0.05) is 12.1 Å². The molecule has 3 N–H and O–H groups in total. The number of rotatable bonds is 4. The van der Waals surface area contributed by atoms with E-state index in [1.54, 1.807) is 12.1 Å². The van der Waals surface area contributed by atoms with Gasteiger partial charge in [-0.2, -0.15) is 0 Å². The highest BCUT2D eigenvalue weighted by Gasteiger charge is 2.43. The van der Waals surface area contributed by atoms with Gasteiger partial charge in [-0.15, -0.1) is 0 Å². The second-order valence-corrected chi connectivity index (χ2v) is 7.45. The summed E-state index contributed by atoms with van der Waals surface area (Å²) in [7, 11) is 1.30. The van der Waals surface area contributed by atoms with Crippen molar-refractivity contribution in [3.63, 3.8) is 0 Å². The van der Waals surface area contributed by atoms with Crippen LogP contribution in [0.3, 0.4) is 0 Å². The van der Waals surface area contributed by atoms with Crippen LogP contribution in [-0.2, 0) is 17.8 Å². The highest BCUT2D eigenvalue weighted by atomic mass is 19.1. The van der Waals surface area contributed by atoms with Crippen LogP contribution in [0.4, 0.5) is 4.39 Å². The van der Waals surface area contributed by atoms with Crippen molar-refractivity contribution in [3.8, 4) is 11.5 Å². The summed E-state index contributed by atoms with van der Waals surface area (Å²) in [5.41, 5.74) is -2.04. The smallest absolute Gasteiger partial charge is 0.349 e. The number of carbonyl (C=O) groups excluding carboxylic acids is 1. The maximum absolute atomic E-state index is 13.3. The van der Waals surface area contributed by atoms with Gasteiger partial charge in [0.15, 0.2) is 11.5 Å². The van der Waals surface area contributed by atoms with E-state index in [0.717, 1.165) is 4.57 Å². The van der Waals surface area contributed by atoms with Crippen molar-refractivity contribution < 1.29 is 28.9 Å². The zero-order valence-electron chi connectivity index (χ0n) is 16.6. The molecule has 0 unspecified atom stereocenters. The summed E-state index contributed by atoms with van der Waals surface area (Å²) in [6.45, 7) is 0.918. The number of pyridine rings is 2. The van der Waals surface area contributed by atoms with Gasteiger partial charge in [-0.3, -0.25) is 19.1 Å². The normalized spacial score (nSPS) is 17.3. The van der Waals surface area contributed by atoms with Crippen LogP contribution in [0.15, 0.2) is 35.3 Å². The highest BCUT2D eigenvalue weighted by Crippen LogP contribution is 2.40. The van der Waals surface area contributed by atoms with Crippen LogP contribution < -0.4 is 15.6 Å². The second kappa shape index (κ2) is 7.08. The molecule has 1 aliphatic rings. The first-order chi connectivity index (χ1) is 14.7. The number of aliphatic carboxylic acids is 1. The molecule has 1 aliphatic heterocycles. The Hall–Kier alpha value is -3.95. The second-order valence-electron chi connectivity index (χ2n) is 7.45. The minimum absolute atomic E-state index is 0.0568. The largest absolute Gasteiger partial charge is 0.505 e. The lowest BCUT2D eigenvalue weighted by molar-refractivity contribution is -0.155. The molecular weight excluding hydrogens is 409 g/mol. The fourth-order valence-corrected chi connectivity index (χ4v) is 3.61. The summed E-state index contributed by atoms with van der Waals surface area (Å²) in [4.78, 5) is 41.4. The summed E-state index contributed by atoms with van der Waals surface area (Å²) >= 11 is 0. The van der Waals surface area contributed by atoms with Crippen LogP contribution >= 0.6 is 0 Å². The third kappa shape index (κ3) is 3.16. The molecule has 10 heteroatoms. The van der Waals surface area contributed by atoms with Gasteiger partial charge in [0.2, 0.25) is 5.60 Å². The van der Waals surface area contributed by atoms with Crippen molar-refractivity contribution in [2.45, 2.75) is 25.5 Å². The van der Waals surface area contributed by atoms with E-state index < -0.39 is 46.7 Å². The summed E-state index contributed by atoms with van der Waals surface area (Å²) in [6, 6.07) is 5.69. The van der Waals surface area contributed by atoms with Crippen LogP contribution in [0.25, 0.3) is 11.0 Å². The molecule has 0 radical (unpaired) electrons. The SMILES string of the molecule is CNC(=O)c1c(O)c2ncc(Cc3ccc(F)cc3)c3c2n(c1=O)C[C@@](C)(C(=O)O)O3. The monoisotopic (exact) mass is 427 g/mol. The minimum Gasteiger partial charge on any atom is -0.505 e. The summed E-state index contributed by atoms with van der Waals surface area (Å²) in [5.74, 6) is -3.10. The van der Waals surface area contributed by atoms with Crippen molar-refractivity contribution in [1.29, 1.82) is 0 Å². The van der Waals surface area contributed by atoms with Crippen molar-refractivity contribution >= 4 is 22.9 Å². The van der Waals surface area contributed by atoms with Gasteiger partial charge in [-0.05, 0) is 24.6 Å². The van der Waals surface area contributed by atoms with Gasteiger partial charge in [0.25, 0.3) is 11.5 Å². The lowest BCUT2D eigenvalue weighted by Gasteiger charge is -2.34. The predicted molar refractivity (Wildman–Crippen MR) is 107 cm³/mol. The number of carboxylic acid groups (broad SMARTS) is 1. The van der Waals surface area contributed by atoms with Crippen LogP contribution in [0, 0.1) is 5.82 Å². The molecule has 0 bridgehead atoms. The Bertz CT molecular complexity index is 1300. The molecule has 0 spiro atoms. The highest BCUT2D eigenvalue weighted by molar-refractivity contribution is 6.02. The number of amides is 1. The van der Waals surface area contributed by atoms with E-state index in [1.807, 2.05) is 0 Å². The Balaban J connectivity index is 2.02. The van der Waals surface area contributed by atoms with Crippen molar-refractivity contribution in [3.05, 3.63) is 63.3 Å². The number of benzene rings is 1. The number of aromatic nitrogens is 2. The predicted octanol–water partition coefficient (Wildman–Crippen LogP) is 1.43. The number of carbonyl (C=O) groups is 2. The maximum atomic E-state index is 13.3. The van der Waals surface area contributed by atoms with Crippen LogP contribution in [-0.4, -0.2) is 44.3 Å². The van der Waals surface area contributed by atoms with Gasteiger partial charge in [0.1, 0.15) is 22.4 Å². The lowest BCUT2D eigenvalue weighted by Crippen LogP contribution is -2.50. The third-order valence-corrected chi connectivity index (χ3v) is 5.27. The topological polar surface area (TPSA) is 131 Å². The number of nitrogens with zero attached hydrogens (tertiary/aromatic N) is 2. The van der Waals surface area contributed by atoms with Crippen molar-refractivity contribution in [2.24, 2.45) is 0 Å². The molecule has 160 valence electrons. The van der Waals surface area contributed by atoms with Crippen LogP contribution in [0.2, 0.25) is 0 Å². The van der Waals surface area contributed by atoms with Gasteiger partial charge in [0.05, 0.1) is 6.54 Å². The molecule has 1 atom stereocenters. The van der Waals surface area contributed by atoms with Gasteiger partial charge in [-0.25, -0.2) is 9.18 Å². The number of hydrogen-bond donors (Lipinski definition) is 3. The molecule has 1 amide bonds. The quantitative estimate of drug-likeness (QED) is 0.574. The molecule has 9 nitrogen and oxygen atoms in total. The molecule has 3 heterocycles. The summed E-state index contributed by atoms with van der Waals surface area (Å²) in [6.07, 6.45) is 1.58. The van der Waals surface area contributed by atoms with E-state index in [0.29, 0.717) is 11.1 Å². The fourth-order valence-electron chi connectivity index (χ4n) is 3.61. The third-order valence-electron chi connectivity index (χ3n) is 5.27. The molecule has 1 aromatic carbocycles. The molecule has 3 aromatic rings. The molecule has 0 saturated heterocycles. The van der Waals surface area contributed by atoms with E-state index in [4.69, 9.17) is 4.74 Å². The number of hydrogen-bond acceptors (Lipinski definition) is 6. The average Bonchev–Trinajstić information content (AvgIpc) is 2.74. The number of halogens is 1. The van der Waals surface area contributed by atoms with E-state index >= 15 is 0 Å². The molecule has 31 heavy (non-hydrogen) atoms. The fraction of sp³-hybridized carbons (Fsp3) is 0.238. The number of carboxylic acids is 1. The molecule has 2 aromatic heterocycles. The zero-order valence-corrected chi connectivity index (χ0v) is 16.6. The summed E-state index contributed by atoms with van der Waals surface area (Å²) in [5, 5.41) is 22.6. The van der Waals surface area contributed by atoms with E-state index in [1.165, 1.54) is 32.3 Å². The number of ether oxygens (including phenoxy) is 1. The lowest BCUT2D eigenvalue weighted by atomic mass is 9.99.